The van der Waals surface area contributed by atoms with Crippen LogP contribution in [0.3, 0.4) is 0 Å². The molecule has 0 spiro atoms. The van der Waals surface area contributed by atoms with Gasteiger partial charge in [0, 0.05) is 16.5 Å². The second kappa shape index (κ2) is 6.59. The number of rotatable bonds is 5. The normalized spacial score (nSPS) is 12.2. The highest BCUT2D eigenvalue weighted by Gasteiger charge is 2.11. The van der Waals surface area contributed by atoms with Crippen molar-refractivity contribution in [3.05, 3.63) is 24.3 Å². The molecule has 1 aromatic carbocycles. The van der Waals surface area contributed by atoms with Gasteiger partial charge < -0.3 is 5.32 Å². The zero-order chi connectivity index (χ0) is 12.0. The van der Waals surface area contributed by atoms with Crippen LogP contribution in [0.1, 0.15) is 26.7 Å². The van der Waals surface area contributed by atoms with Crippen LogP contribution in [0.4, 0.5) is 5.69 Å². The summed E-state index contributed by atoms with van der Waals surface area (Å²) < 4.78 is 0. The number of amides is 1. The van der Waals surface area contributed by atoms with Gasteiger partial charge in [-0.1, -0.05) is 20.3 Å². The average Bonchev–Trinajstić information content (AvgIpc) is 2.30. The fourth-order valence-corrected chi connectivity index (χ4v) is 1.91. The lowest BCUT2D eigenvalue weighted by atomic mass is 10.1. The molecule has 0 bridgehead atoms. The molecule has 0 aromatic heterocycles. The molecule has 0 heterocycles. The van der Waals surface area contributed by atoms with Gasteiger partial charge in [0.05, 0.1) is 0 Å². The fraction of sp³-hybridized carbons (Fsp3) is 0.462. The van der Waals surface area contributed by atoms with Crippen LogP contribution in [-0.4, -0.2) is 12.2 Å². The Morgan fingerprint density at radius 3 is 2.50 bits per heavy atom. The number of hydrogen-bond donors (Lipinski definition) is 1. The Morgan fingerprint density at radius 1 is 1.38 bits per heavy atom. The van der Waals surface area contributed by atoms with Gasteiger partial charge >= 0.3 is 0 Å². The molecule has 0 aliphatic heterocycles. The van der Waals surface area contributed by atoms with Gasteiger partial charge in [0.1, 0.15) is 0 Å². The molecule has 0 fully saturated rings. The van der Waals surface area contributed by atoms with Gasteiger partial charge in [0.25, 0.3) is 0 Å². The minimum atomic E-state index is 0.0882. The molecular formula is C13H19NOS. The molecule has 2 nitrogen and oxygen atoms in total. The van der Waals surface area contributed by atoms with Crippen LogP contribution in [0.5, 0.6) is 0 Å². The maximum Gasteiger partial charge on any atom is 0.227 e. The summed E-state index contributed by atoms with van der Waals surface area (Å²) >= 11 is 1.70. The summed E-state index contributed by atoms with van der Waals surface area (Å²) in [7, 11) is 0. The molecule has 1 rings (SSSR count). The third-order valence-corrected chi connectivity index (χ3v) is 3.27. The van der Waals surface area contributed by atoms with E-state index in [0.29, 0.717) is 0 Å². The smallest absolute Gasteiger partial charge is 0.227 e. The lowest BCUT2D eigenvalue weighted by Gasteiger charge is -2.11. The highest BCUT2D eigenvalue weighted by molar-refractivity contribution is 7.98. The van der Waals surface area contributed by atoms with Crippen molar-refractivity contribution in [1.82, 2.24) is 0 Å². The summed E-state index contributed by atoms with van der Waals surface area (Å²) in [6.45, 7) is 4.06. The summed E-state index contributed by atoms with van der Waals surface area (Å²) in [5, 5.41) is 2.93. The van der Waals surface area contributed by atoms with Crippen molar-refractivity contribution in [2.24, 2.45) is 5.92 Å². The number of carbonyl (C=O) groups excluding carboxylic acids is 1. The van der Waals surface area contributed by atoms with Crippen molar-refractivity contribution in [3.8, 4) is 0 Å². The second-order valence-corrected chi connectivity index (χ2v) is 4.79. The largest absolute Gasteiger partial charge is 0.326 e. The summed E-state index contributed by atoms with van der Waals surface area (Å²) in [6, 6.07) is 7.93. The third-order valence-electron chi connectivity index (χ3n) is 2.53. The fourth-order valence-electron chi connectivity index (χ4n) is 1.50. The van der Waals surface area contributed by atoms with Gasteiger partial charge in [-0.25, -0.2) is 0 Å². The standard InChI is InChI=1S/C13H19NOS/c1-4-5-10(2)13(15)14-11-6-8-12(16-3)9-7-11/h6-10H,4-5H2,1-3H3,(H,14,15). The van der Waals surface area contributed by atoms with E-state index < -0.39 is 0 Å². The molecule has 0 radical (unpaired) electrons. The maximum atomic E-state index is 11.7. The number of benzene rings is 1. The van der Waals surface area contributed by atoms with Crippen LogP contribution in [0, 0.1) is 5.92 Å². The van der Waals surface area contributed by atoms with Gasteiger partial charge in [-0.15, -0.1) is 11.8 Å². The zero-order valence-corrected chi connectivity index (χ0v) is 10.9. The van der Waals surface area contributed by atoms with Crippen LogP contribution in [0.2, 0.25) is 0 Å². The highest BCUT2D eigenvalue weighted by Crippen LogP contribution is 2.18. The molecule has 1 amide bonds. The summed E-state index contributed by atoms with van der Waals surface area (Å²) in [5.74, 6) is 0.198. The molecule has 0 saturated carbocycles. The predicted octanol–water partition coefficient (Wildman–Crippen LogP) is 3.78. The molecule has 0 saturated heterocycles. The molecule has 0 aliphatic carbocycles. The van der Waals surface area contributed by atoms with Crippen molar-refractivity contribution in [2.45, 2.75) is 31.6 Å². The summed E-state index contributed by atoms with van der Waals surface area (Å²) in [6.07, 6.45) is 4.02. The molecular weight excluding hydrogens is 218 g/mol. The molecule has 1 atom stereocenters. The average molecular weight is 237 g/mol. The van der Waals surface area contributed by atoms with Crippen LogP contribution < -0.4 is 5.32 Å². The molecule has 16 heavy (non-hydrogen) atoms. The van der Waals surface area contributed by atoms with Crippen molar-refractivity contribution in [3.63, 3.8) is 0 Å². The number of nitrogens with one attached hydrogen (secondary N) is 1. The number of thioether (sulfide) groups is 1. The van der Waals surface area contributed by atoms with E-state index in [1.807, 2.05) is 37.4 Å². The van der Waals surface area contributed by atoms with Gasteiger partial charge in [0.15, 0.2) is 0 Å². The van der Waals surface area contributed by atoms with E-state index in [-0.39, 0.29) is 11.8 Å². The minimum Gasteiger partial charge on any atom is -0.326 e. The van der Waals surface area contributed by atoms with Crippen LogP contribution in [-0.2, 0) is 4.79 Å². The molecule has 0 aliphatic rings. The van der Waals surface area contributed by atoms with E-state index in [9.17, 15) is 4.79 Å². The first-order valence-electron chi connectivity index (χ1n) is 5.62. The van der Waals surface area contributed by atoms with Crippen molar-refractivity contribution in [1.29, 1.82) is 0 Å². The van der Waals surface area contributed by atoms with Crippen LogP contribution in [0.25, 0.3) is 0 Å². The lowest BCUT2D eigenvalue weighted by Crippen LogP contribution is -2.20. The Hall–Kier alpha value is -0.960. The zero-order valence-electron chi connectivity index (χ0n) is 10.1. The van der Waals surface area contributed by atoms with Crippen molar-refractivity contribution in [2.75, 3.05) is 11.6 Å². The van der Waals surface area contributed by atoms with Gasteiger partial charge in [-0.2, -0.15) is 0 Å². The van der Waals surface area contributed by atoms with E-state index in [1.54, 1.807) is 11.8 Å². The Bertz CT molecular complexity index is 334. The Balaban J connectivity index is 2.55. The first-order chi connectivity index (χ1) is 7.67. The Kier molecular flexibility index (Phi) is 5.39. The molecule has 3 heteroatoms. The monoisotopic (exact) mass is 237 g/mol. The molecule has 1 unspecified atom stereocenters. The first kappa shape index (κ1) is 13.1. The van der Waals surface area contributed by atoms with Gasteiger partial charge in [-0.3, -0.25) is 4.79 Å². The second-order valence-electron chi connectivity index (χ2n) is 3.91. The third kappa shape index (κ3) is 3.89. The molecule has 1 aromatic rings. The SMILES string of the molecule is CCCC(C)C(=O)Nc1ccc(SC)cc1. The highest BCUT2D eigenvalue weighted by atomic mass is 32.2. The van der Waals surface area contributed by atoms with Crippen LogP contribution in [0.15, 0.2) is 29.2 Å². The Morgan fingerprint density at radius 2 is 2.00 bits per heavy atom. The summed E-state index contributed by atoms with van der Waals surface area (Å²) in [5.41, 5.74) is 0.880. The van der Waals surface area contributed by atoms with Crippen molar-refractivity contribution >= 4 is 23.4 Å². The van der Waals surface area contributed by atoms with Gasteiger partial charge in [-0.05, 0) is 36.9 Å². The predicted molar refractivity (Wildman–Crippen MR) is 70.9 cm³/mol. The lowest BCUT2D eigenvalue weighted by molar-refractivity contribution is -0.119. The maximum absolute atomic E-state index is 11.7. The van der Waals surface area contributed by atoms with Gasteiger partial charge in [0.2, 0.25) is 5.91 Å². The van der Waals surface area contributed by atoms with Crippen molar-refractivity contribution < 1.29 is 4.79 Å². The Labute approximate surface area is 102 Å². The number of carbonyl (C=O) groups is 1. The molecule has 88 valence electrons. The topological polar surface area (TPSA) is 29.1 Å². The van der Waals surface area contributed by atoms with E-state index in [0.717, 1.165) is 18.5 Å². The first-order valence-corrected chi connectivity index (χ1v) is 6.84. The minimum absolute atomic E-state index is 0.0882. The number of anilines is 1. The van der Waals surface area contributed by atoms with Crippen LogP contribution >= 0.6 is 11.8 Å². The van der Waals surface area contributed by atoms with E-state index >= 15 is 0 Å². The van der Waals surface area contributed by atoms with E-state index in [1.165, 1.54) is 4.90 Å². The molecule has 1 N–H and O–H groups in total. The van der Waals surface area contributed by atoms with E-state index in [2.05, 4.69) is 12.2 Å². The number of hydrogen-bond acceptors (Lipinski definition) is 2. The van der Waals surface area contributed by atoms with E-state index in [4.69, 9.17) is 0 Å². The quantitative estimate of drug-likeness (QED) is 0.790. The summed E-state index contributed by atoms with van der Waals surface area (Å²) in [4.78, 5) is 12.9.